The summed E-state index contributed by atoms with van der Waals surface area (Å²) in [7, 11) is 5.50. The third-order valence-corrected chi connectivity index (χ3v) is 3.54. The van der Waals surface area contributed by atoms with E-state index in [1.165, 1.54) is 5.56 Å². The molecule has 23 heavy (non-hydrogen) atoms. The molecule has 2 aromatic rings. The Morgan fingerprint density at radius 2 is 2.00 bits per heavy atom. The van der Waals surface area contributed by atoms with Crippen LogP contribution in [0.15, 0.2) is 53.7 Å². The van der Waals surface area contributed by atoms with Crippen molar-refractivity contribution in [1.82, 2.24) is 15.2 Å². The molecule has 0 atom stereocenters. The van der Waals surface area contributed by atoms with Gasteiger partial charge in [-0.3, -0.25) is 9.98 Å². The van der Waals surface area contributed by atoms with Gasteiger partial charge in [0.2, 0.25) is 0 Å². The van der Waals surface area contributed by atoms with Crippen molar-refractivity contribution in [3.8, 4) is 5.75 Å². The first kappa shape index (κ1) is 16.8. The molecule has 0 spiro atoms. The van der Waals surface area contributed by atoms with Crippen molar-refractivity contribution >= 4 is 5.96 Å². The van der Waals surface area contributed by atoms with Crippen LogP contribution in [0.1, 0.15) is 11.3 Å². The van der Waals surface area contributed by atoms with E-state index in [0.717, 1.165) is 36.9 Å². The molecule has 0 saturated carbocycles. The van der Waals surface area contributed by atoms with Crippen molar-refractivity contribution in [3.63, 3.8) is 0 Å². The number of pyridine rings is 1. The summed E-state index contributed by atoms with van der Waals surface area (Å²) in [5.74, 6) is 1.74. The first-order valence-electron chi connectivity index (χ1n) is 7.67. The molecule has 122 valence electrons. The van der Waals surface area contributed by atoms with Crippen molar-refractivity contribution in [2.45, 2.75) is 13.0 Å². The van der Waals surface area contributed by atoms with Crippen LogP contribution >= 0.6 is 0 Å². The Labute approximate surface area is 138 Å². The van der Waals surface area contributed by atoms with E-state index in [-0.39, 0.29) is 0 Å². The highest BCUT2D eigenvalue weighted by atomic mass is 16.5. The molecule has 1 aromatic carbocycles. The molecule has 0 amide bonds. The fourth-order valence-corrected chi connectivity index (χ4v) is 2.31. The summed E-state index contributed by atoms with van der Waals surface area (Å²) in [6.07, 6.45) is 2.69. The smallest absolute Gasteiger partial charge is 0.193 e. The van der Waals surface area contributed by atoms with Gasteiger partial charge in [0.15, 0.2) is 5.96 Å². The lowest BCUT2D eigenvalue weighted by Crippen LogP contribution is -2.39. The molecule has 0 saturated heterocycles. The number of benzene rings is 1. The number of nitrogens with one attached hydrogen (secondary N) is 1. The number of methoxy groups -OCH3 is 1. The lowest BCUT2D eigenvalue weighted by atomic mass is 10.2. The van der Waals surface area contributed by atoms with Gasteiger partial charge in [0.25, 0.3) is 0 Å². The predicted molar refractivity (Wildman–Crippen MR) is 93.8 cm³/mol. The highest BCUT2D eigenvalue weighted by Gasteiger charge is 2.06. The molecule has 0 aliphatic rings. The van der Waals surface area contributed by atoms with Crippen molar-refractivity contribution in [3.05, 3.63) is 59.9 Å². The number of hydrogen-bond donors (Lipinski definition) is 1. The minimum atomic E-state index is 0.785. The van der Waals surface area contributed by atoms with E-state index in [4.69, 9.17) is 4.74 Å². The minimum absolute atomic E-state index is 0.785. The number of rotatable bonds is 6. The first-order valence-corrected chi connectivity index (χ1v) is 7.67. The third-order valence-electron chi connectivity index (χ3n) is 3.54. The van der Waals surface area contributed by atoms with Crippen LogP contribution in [0.4, 0.5) is 0 Å². The van der Waals surface area contributed by atoms with E-state index in [0.29, 0.717) is 0 Å². The molecule has 1 N–H and O–H groups in total. The van der Waals surface area contributed by atoms with E-state index >= 15 is 0 Å². The zero-order chi connectivity index (χ0) is 16.5. The summed E-state index contributed by atoms with van der Waals surface area (Å²) in [6, 6.07) is 14.0. The van der Waals surface area contributed by atoms with Crippen LogP contribution in [0.3, 0.4) is 0 Å². The molecule has 0 radical (unpaired) electrons. The molecule has 2 rings (SSSR count). The second-order valence-electron chi connectivity index (χ2n) is 5.25. The van der Waals surface area contributed by atoms with Crippen LogP contribution < -0.4 is 10.1 Å². The van der Waals surface area contributed by atoms with Crippen molar-refractivity contribution < 1.29 is 4.74 Å². The van der Waals surface area contributed by atoms with Crippen LogP contribution in [0.5, 0.6) is 5.75 Å². The van der Waals surface area contributed by atoms with Gasteiger partial charge in [0.1, 0.15) is 5.75 Å². The summed E-state index contributed by atoms with van der Waals surface area (Å²) in [4.78, 5) is 10.8. The fraction of sp³-hybridized carbons (Fsp3) is 0.333. The average Bonchev–Trinajstić information content (AvgIpc) is 2.60. The number of guanidine groups is 1. The minimum Gasteiger partial charge on any atom is -0.497 e. The Morgan fingerprint density at radius 3 is 2.61 bits per heavy atom. The maximum atomic E-state index is 5.18. The summed E-state index contributed by atoms with van der Waals surface area (Å²) in [5.41, 5.74) is 2.29. The van der Waals surface area contributed by atoms with Gasteiger partial charge in [-0.25, -0.2) is 0 Å². The van der Waals surface area contributed by atoms with Crippen LogP contribution in [0.2, 0.25) is 0 Å². The van der Waals surface area contributed by atoms with Crippen LogP contribution in [0, 0.1) is 0 Å². The lowest BCUT2D eigenvalue weighted by molar-refractivity contribution is 0.414. The fourth-order valence-electron chi connectivity index (χ4n) is 2.31. The van der Waals surface area contributed by atoms with Gasteiger partial charge in [-0.1, -0.05) is 18.2 Å². The van der Waals surface area contributed by atoms with Gasteiger partial charge in [0.05, 0.1) is 7.11 Å². The number of hydrogen-bond acceptors (Lipinski definition) is 3. The Morgan fingerprint density at radius 1 is 1.22 bits per heavy atom. The summed E-state index contributed by atoms with van der Waals surface area (Å²) >= 11 is 0. The quantitative estimate of drug-likeness (QED) is 0.657. The van der Waals surface area contributed by atoms with Crippen molar-refractivity contribution in [2.75, 3.05) is 27.7 Å². The summed E-state index contributed by atoms with van der Waals surface area (Å²) in [6.45, 7) is 1.59. The van der Waals surface area contributed by atoms with E-state index in [1.54, 1.807) is 14.2 Å². The SMILES string of the molecule is CN=C(NCCc1ccccn1)N(C)Cc1ccc(OC)cc1. The lowest BCUT2D eigenvalue weighted by Gasteiger charge is -2.22. The molecule has 0 bridgehead atoms. The molecular weight excluding hydrogens is 288 g/mol. The highest BCUT2D eigenvalue weighted by molar-refractivity contribution is 5.79. The topological polar surface area (TPSA) is 49.8 Å². The van der Waals surface area contributed by atoms with E-state index in [2.05, 4.69) is 32.3 Å². The Kier molecular flexibility index (Phi) is 6.41. The van der Waals surface area contributed by atoms with Gasteiger partial charge in [-0.05, 0) is 29.8 Å². The molecule has 5 heteroatoms. The predicted octanol–water partition coefficient (Wildman–Crippen LogP) is 2.34. The number of aliphatic imine (C=N–C) groups is 1. The maximum Gasteiger partial charge on any atom is 0.193 e. The van der Waals surface area contributed by atoms with Crippen LogP contribution in [-0.4, -0.2) is 43.6 Å². The molecule has 0 aliphatic carbocycles. The highest BCUT2D eigenvalue weighted by Crippen LogP contribution is 2.12. The maximum absolute atomic E-state index is 5.18. The standard InChI is InChI=1S/C18H24N4O/c1-19-18(21-13-11-16-6-4-5-12-20-16)22(2)14-15-7-9-17(23-3)10-8-15/h4-10,12H,11,13-14H2,1-3H3,(H,19,21). The molecule has 5 nitrogen and oxygen atoms in total. The van der Waals surface area contributed by atoms with Gasteiger partial charge >= 0.3 is 0 Å². The Balaban J connectivity index is 1.84. The van der Waals surface area contributed by atoms with Crippen LogP contribution in [0.25, 0.3) is 0 Å². The summed E-state index contributed by atoms with van der Waals surface area (Å²) in [5, 5.41) is 3.37. The largest absolute Gasteiger partial charge is 0.497 e. The third kappa shape index (κ3) is 5.29. The average molecular weight is 312 g/mol. The molecule has 0 aliphatic heterocycles. The van der Waals surface area contributed by atoms with Crippen LogP contribution in [-0.2, 0) is 13.0 Å². The second-order valence-corrected chi connectivity index (χ2v) is 5.25. The molecule has 0 unspecified atom stereocenters. The van der Waals surface area contributed by atoms with Gasteiger partial charge in [-0.2, -0.15) is 0 Å². The normalized spacial score (nSPS) is 11.2. The summed E-state index contributed by atoms with van der Waals surface area (Å²) < 4.78 is 5.18. The number of ether oxygens (including phenoxy) is 1. The number of aromatic nitrogens is 1. The molecule has 1 heterocycles. The Hall–Kier alpha value is -2.56. The Bertz CT molecular complexity index is 611. The van der Waals surface area contributed by atoms with E-state index in [9.17, 15) is 0 Å². The van der Waals surface area contributed by atoms with Gasteiger partial charge in [-0.15, -0.1) is 0 Å². The number of nitrogens with zero attached hydrogens (tertiary/aromatic N) is 3. The van der Waals surface area contributed by atoms with Gasteiger partial charge in [0, 0.05) is 45.5 Å². The second kappa shape index (κ2) is 8.78. The molecule has 1 aromatic heterocycles. The van der Waals surface area contributed by atoms with Crippen molar-refractivity contribution in [2.24, 2.45) is 4.99 Å². The molecular formula is C18H24N4O. The zero-order valence-electron chi connectivity index (χ0n) is 14.0. The van der Waals surface area contributed by atoms with Crippen molar-refractivity contribution in [1.29, 1.82) is 0 Å². The zero-order valence-corrected chi connectivity index (χ0v) is 14.0. The molecule has 0 fully saturated rings. The monoisotopic (exact) mass is 312 g/mol. The first-order chi connectivity index (χ1) is 11.2. The van der Waals surface area contributed by atoms with E-state index in [1.807, 2.05) is 43.6 Å². The van der Waals surface area contributed by atoms with Gasteiger partial charge < -0.3 is 15.0 Å². The van der Waals surface area contributed by atoms with E-state index < -0.39 is 0 Å².